The molecule has 28 heavy (non-hydrogen) atoms. The van der Waals surface area contributed by atoms with Crippen molar-refractivity contribution in [3.63, 3.8) is 0 Å². The van der Waals surface area contributed by atoms with Gasteiger partial charge in [-0.1, -0.05) is 18.2 Å². The second kappa shape index (κ2) is 9.10. The van der Waals surface area contributed by atoms with Crippen LogP contribution in [0.5, 0.6) is 0 Å². The summed E-state index contributed by atoms with van der Waals surface area (Å²) in [5.74, 6) is 0.937. The van der Waals surface area contributed by atoms with Crippen molar-refractivity contribution in [1.82, 2.24) is 20.1 Å². The van der Waals surface area contributed by atoms with Crippen LogP contribution in [0, 0.1) is 13.8 Å². The Labute approximate surface area is 168 Å². The minimum absolute atomic E-state index is 0.0217. The summed E-state index contributed by atoms with van der Waals surface area (Å²) in [5, 5.41) is 8.29. The highest BCUT2D eigenvalue weighted by molar-refractivity contribution is 7.99. The van der Waals surface area contributed by atoms with E-state index in [0.29, 0.717) is 24.9 Å². The lowest BCUT2D eigenvalue weighted by molar-refractivity contribution is -0.121. The summed E-state index contributed by atoms with van der Waals surface area (Å²) in [4.78, 5) is 28.7. The normalized spacial score (nSPS) is 11.1. The van der Waals surface area contributed by atoms with E-state index in [1.54, 1.807) is 16.4 Å². The van der Waals surface area contributed by atoms with Crippen molar-refractivity contribution < 1.29 is 4.79 Å². The maximum atomic E-state index is 12.4. The summed E-state index contributed by atoms with van der Waals surface area (Å²) in [6.07, 6.45) is 1.64. The number of aryl methyl sites for hydroxylation is 3. The molecule has 1 amide bonds. The van der Waals surface area contributed by atoms with Crippen molar-refractivity contribution in [2.45, 2.75) is 38.0 Å². The number of pyridine rings is 1. The average Bonchev–Trinajstić information content (AvgIpc) is 2.95. The first-order chi connectivity index (χ1) is 13.5. The van der Waals surface area contributed by atoms with Gasteiger partial charge in [0.1, 0.15) is 5.65 Å². The summed E-state index contributed by atoms with van der Waals surface area (Å²) in [7, 11) is 1.81. The molecule has 0 spiro atoms. The van der Waals surface area contributed by atoms with E-state index in [9.17, 15) is 9.59 Å². The molecule has 2 aromatic heterocycles. The molecule has 3 aromatic rings. The van der Waals surface area contributed by atoms with E-state index in [2.05, 4.69) is 27.5 Å². The molecule has 0 fully saturated rings. The summed E-state index contributed by atoms with van der Waals surface area (Å²) in [6.45, 7) is 4.51. The van der Waals surface area contributed by atoms with Gasteiger partial charge in [0.2, 0.25) is 5.91 Å². The van der Waals surface area contributed by atoms with Gasteiger partial charge >= 0.3 is 0 Å². The lowest BCUT2D eigenvalue weighted by Gasteiger charge is -2.08. The number of amides is 1. The number of aromatic nitrogens is 3. The average molecular weight is 399 g/mol. The maximum absolute atomic E-state index is 12.4. The molecular weight excluding hydrogens is 372 g/mol. The molecule has 0 bridgehead atoms. The first-order valence-electron chi connectivity index (χ1n) is 9.47. The van der Waals surface area contributed by atoms with E-state index in [4.69, 9.17) is 0 Å². The molecule has 0 radical (unpaired) electrons. The highest BCUT2D eigenvalue weighted by Gasteiger charge is 2.15. The lowest BCUT2D eigenvalue weighted by Crippen LogP contribution is -2.26. The molecule has 6 nitrogen and oxygen atoms in total. The molecule has 0 saturated heterocycles. The minimum Gasteiger partial charge on any atom is -0.356 e. The van der Waals surface area contributed by atoms with Crippen LogP contribution in [0.4, 0.5) is 0 Å². The predicted molar refractivity (Wildman–Crippen MR) is 114 cm³/mol. The van der Waals surface area contributed by atoms with Crippen LogP contribution in [0.3, 0.4) is 0 Å². The topological polar surface area (TPSA) is 79.8 Å². The Balaban J connectivity index is 1.49. The zero-order valence-electron chi connectivity index (χ0n) is 16.5. The second-order valence-electron chi connectivity index (χ2n) is 6.86. The van der Waals surface area contributed by atoms with Gasteiger partial charge < -0.3 is 10.3 Å². The Morgan fingerprint density at radius 2 is 2.00 bits per heavy atom. The van der Waals surface area contributed by atoms with Gasteiger partial charge in [-0.25, -0.2) is 0 Å². The van der Waals surface area contributed by atoms with Crippen LogP contribution in [0.15, 0.2) is 40.0 Å². The number of nitrogens with one attached hydrogen (secondary N) is 2. The Morgan fingerprint density at radius 1 is 1.25 bits per heavy atom. The largest absolute Gasteiger partial charge is 0.356 e. The van der Waals surface area contributed by atoms with Crippen LogP contribution in [0.2, 0.25) is 0 Å². The Morgan fingerprint density at radius 3 is 2.75 bits per heavy atom. The van der Waals surface area contributed by atoms with Crippen LogP contribution in [0.25, 0.3) is 11.0 Å². The zero-order valence-corrected chi connectivity index (χ0v) is 17.4. The molecule has 0 saturated carbocycles. The van der Waals surface area contributed by atoms with E-state index in [0.717, 1.165) is 34.5 Å². The van der Waals surface area contributed by atoms with Gasteiger partial charge in [0.05, 0.1) is 5.69 Å². The molecule has 2 N–H and O–H groups in total. The van der Waals surface area contributed by atoms with Crippen LogP contribution in [0.1, 0.15) is 29.7 Å². The summed E-state index contributed by atoms with van der Waals surface area (Å²) in [5.41, 5.74) is 3.05. The first-order valence-corrected chi connectivity index (χ1v) is 10.5. The van der Waals surface area contributed by atoms with E-state index >= 15 is 0 Å². The lowest BCUT2D eigenvalue weighted by atomic mass is 10.0. The molecule has 0 aliphatic carbocycles. The van der Waals surface area contributed by atoms with Crippen LogP contribution < -0.4 is 10.9 Å². The van der Waals surface area contributed by atoms with Crippen molar-refractivity contribution >= 4 is 28.7 Å². The van der Waals surface area contributed by atoms with E-state index in [1.807, 2.05) is 39.1 Å². The van der Waals surface area contributed by atoms with Crippen LogP contribution in [-0.4, -0.2) is 33.0 Å². The SMILES string of the molecule is Cc1nn(C)c2[nH]c(=O)c(CCC(=O)NCCCSc3ccccc3)c(C)c12. The summed E-state index contributed by atoms with van der Waals surface area (Å²) < 4.78 is 1.68. The molecule has 7 heteroatoms. The molecule has 3 rings (SSSR count). The van der Waals surface area contributed by atoms with Gasteiger partial charge in [0.15, 0.2) is 0 Å². The number of thioether (sulfide) groups is 1. The fourth-order valence-corrected chi connectivity index (χ4v) is 4.26. The van der Waals surface area contributed by atoms with E-state index in [1.165, 1.54) is 4.90 Å². The van der Waals surface area contributed by atoms with Crippen molar-refractivity contribution in [1.29, 1.82) is 0 Å². The number of aromatic amines is 1. The van der Waals surface area contributed by atoms with Crippen molar-refractivity contribution in [3.8, 4) is 0 Å². The van der Waals surface area contributed by atoms with Crippen molar-refractivity contribution in [2.75, 3.05) is 12.3 Å². The zero-order chi connectivity index (χ0) is 20.1. The number of carbonyl (C=O) groups excluding carboxylic acids is 1. The molecule has 0 unspecified atom stereocenters. The molecule has 0 aliphatic heterocycles. The third-order valence-electron chi connectivity index (χ3n) is 4.81. The fourth-order valence-electron chi connectivity index (χ4n) is 3.39. The number of rotatable bonds is 8. The smallest absolute Gasteiger partial charge is 0.253 e. The number of nitrogens with zero attached hydrogens (tertiary/aromatic N) is 2. The standard InChI is InChI=1S/C21H26N4O2S/c1-14-17(21(27)23-20-19(14)15(2)24-25(20)3)10-11-18(26)22-12-7-13-28-16-8-5-4-6-9-16/h4-6,8-9H,7,10-13H2,1-3H3,(H,22,26)(H,23,27). The van der Waals surface area contributed by atoms with E-state index in [-0.39, 0.29) is 11.5 Å². The molecule has 148 valence electrons. The van der Waals surface area contributed by atoms with Crippen molar-refractivity contribution in [3.05, 3.63) is 57.5 Å². The number of hydrogen-bond acceptors (Lipinski definition) is 4. The van der Waals surface area contributed by atoms with Gasteiger partial charge in [-0.2, -0.15) is 5.10 Å². The highest BCUT2D eigenvalue weighted by Crippen LogP contribution is 2.21. The summed E-state index contributed by atoms with van der Waals surface area (Å²) in [6, 6.07) is 10.2. The highest BCUT2D eigenvalue weighted by atomic mass is 32.2. The third kappa shape index (κ3) is 4.65. The molecule has 0 aliphatic rings. The van der Waals surface area contributed by atoms with Crippen LogP contribution >= 0.6 is 11.8 Å². The predicted octanol–water partition coefficient (Wildman–Crippen LogP) is 3.11. The number of fused-ring (bicyclic) bond motifs is 1. The second-order valence-corrected chi connectivity index (χ2v) is 8.02. The number of benzene rings is 1. The first kappa shape index (κ1) is 20.2. The molecule has 1 aromatic carbocycles. The quantitative estimate of drug-likeness (QED) is 0.451. The van der Waals surface area contributed by atoms with Gasteiger partial charge in [0.25, 0.3) is 5.56 Å². The number of H-pyrrole nitrogens is 1. The molecule has 0 atom stereocenters. The van der Waals surface area contributed by atoms with Gasteiger partial charge in [-0.3, -0.25) is 14.3 Å². The monoisotopic (exact) mass is 398 g/mol. The molecular formula is C21H26N4O2S. The Kier molecular flexibility index (Phi) is 6.57. The van der Waals surface area contributed by atoms with Gasteiger partial charge in [-0.15, -0.1) is 11.8 Å². The van der Waals surface area contributed by atoms with Crippen molar-refractivity contribution in [2.24, 2.45) is 7.05 Å². The maximum Gasteiger partial charge on any atom is 0.253 e. The Hall–Kier alpha value is -2.54. The van der Waals surface area contributed by atoms with Crippen LogP contribution in [-0.2, 0) is 18.3 Å². The Bertz CT molecular complexity index is 1020. The van der Waals surface area contributed by atoms with E-state index < -0.39 is 0 Å². The minimum atomic E-state index is -0.139. The third-order valence-corrected chi connectivity index (χ3v) is 5.91. The molecule has 2 heterocycles. The number of hydrogen-bond donors (Lipinski definition) is 2. The summed E-state index contributed by atoms with van der Waals surface area (Å²) >= 11 is 1.79. The van der Waals surface area contributed by atoms with Gasteiger partial charge in [-0.05, 0) is 50.1 Å². The van der Waals surface area contributed by atoms with Gasteiger partial charge in [0, 0.05) is 35.9 Å². The number of carbonyl (C=O) groups is 1. The fraction of sp³-hybridized carbons (Fsp3) is 0.381.